The normalized spacial score (nSPS) is 20.3. The van der Waals surface area contributed by atoms with Gasteiger partial charge in [-0.25, -0.2) is 0 Å². The first kappa shape index (κ1) is 52.7. The summed E-state index contributed by atoms with van der Waals surface area (Å²) in [6, 6.07) is 0. The van der Waals surface area contributed by atoms with Gasteiger partial charge in [0.15, 0.2) is 12.4 Å². The second kappa shape index (κ2) is 37.9. The summed E-state index contributed by atoms with van der Waals surface area (Å²) in [5, 5.41) is 40.0. The van der Waals surface area contributed by atoms with Gasteiger partial charge >= 0.3 is 11.9 Å². The van der Waals surface area contributed by atoms with Crippen LogP contribution in [0, 0.1) is 0 Å². The lowest BCUT2D eigenvalue weighted by Crippen LogP contribution is -2.59. The van der Waals surface area contributed by atoms with E-state index >= 15 is 0 Å². The van der Waals surface area contributed by atoms with E-state index in [0.29, 0.717) is 6.42 Å². The number of hydrogen-bond donors (Lipinski definition) is 4. The van der Waals surface area contributed by atoms with Crippen molar-refractivity contribution in [2.24, 2.45) is 0 Å². The van der Waals surface area contributed by atoms with E-state index in [-0.39, 0.29) is 32.0 Å². The van der Waals surface area contributed by atoms with Crippen LogP contribution in [0.4, 0.5) is 0 Å². The molecule has 6 atom stereocenters. The Morgan fingerprint density at radius 2 is 0.839 bits per heavy atom. The minimum absolute atomic E-state index is 0.209. The molecule has 1 aliphatic rings. The molecule has 1 rings (SSSR count). The first-order chi connectivity index (χ1) is 27.3. The quantitative estimate of drug-likeness (QED) is 0.0348. The standard InChI is InChI=1S/C46H88O10/c1-3-5-7-9-11-13-15-16-17-18-19-20-21-22-23-24-25-27-29-31-33-35-42(49)55-39(38-54-46-45(52)44(51)43(50)40(36-47)56-46)37-53-41(48)34-32-30-28-26-14-12-10-8-6-4-2/h39-40,43-47,50-52H,3-38H2,1-2H3. The molecule has 1 saturated heterocycles. The molecule has 332 valence electrons. The van der Waals surface area contributed by atoms with Crippen LogP contribution in [0.2, 0.25) is 0 Å². The van der Waals surface area contributed by atoms with E-state index in [9.17, 15) is 30.0 Å². The van der Waals surface area contributed by atoms with Gasteiger partial charge in [0.25, 0.3) is 0 Å². The van der Waals surface area contributed by atoms with Crippen molar-refractivity contribution in [3.63, 3.8) is 0 Å². The number of rotatable bonds is 40. The number of aliphatic hydroxyl groups is 4. The Morgan fingerprint density at radius 1 is 0.482 bits per heavy atom. The highest BCUT2D eigenvalue weighted by Gasteiger charge is 2.44. The Kier molecular flexibility index (Phi) is 35.7. The molecule has 1 aliphatic heterocycles. The highest BCUT2D eigenvalue weighted by molar-refractivity contribution is 5.70. The maximum atomic E-state index is 12.8. The summed E-state index contributed by atoms with van der Waals surface area (Å²) in [7, 11) is 0. The van der Waals surface area contributed by atoms with Crippen molar-refractivity contribution in [3.05, 3.63) is 0 Å². The Morgan fingerprint density at radius 3 is 1.21 bits per heavy atom. The highest BCUT2D eigenvalue weighted by atomic mass is 16.7. The zero-order valence-corrected chi connectivity index (χ0v) is 36.2. The maximum absolute atomic E-state index is 12.8. The molecule has 0 aliphatic carbocycles. The SMILES string of the molecule is CCCCCCCCCCCCCCCCCCCCCCCC(=O)OC(COC(=O)CCCCCCCCCCCC)COC1OC(CO)C(O)C(O)C1O. The first-order valence-corrected chi connectivity index (χ1v) is 23.6. The van der Waals surface area contributed by atoms with Gasteiger partial charge in [-0.15, -0.1) is 0 Å². The molecule has 0 aromatic rings. The second-order valence-corrected chi connectivity index (χ2v) is 16.6. The van der Waals surface area contributed by atoms with Crippen LogP contribution >= 0.6 is 0 Å². The summed E-state index contributed by atoms with van der Waals surface area (Å²) in [5.74, 6) is -0.793. The molecule has 56 heavy (non-hydrogen) atoms. The van der Waals surface area contributed by atoms with Gasteiger partial charge in [-0.2, -0.15) is 0 Å². The third kappa shape index (κ3) is 29.0. The van der Waals surface area contributed by atoms with Crippen LogP contribution in [0.3, 0.4) is 0 Å². The highest BCUT2D eigenvalue weighted by Crippen LogP contribution is 2.23. The summed E-state index contributed by atoms with van der Waals surface area (Å²) < 4.78 is 22.2. The number of esters is 2. The fourth-order valence-corrected chi connectivity index (χ4v) is 7.48. The lowest BCUT2D eigenvalue weighted by molar-refractivity contribution is -0.305. The first-order valence-electron chi connectivity index (χ1n) is 23.6. The molecule has 1 heterocycles. The lowest BCUT2D eigenvalue weighted by Gasteiger charge is -2.39. The van der Waals surface area contributed by atoms with E-state index in [2.05, 4.69) is 13.8 Å². The predicted molar refractivity (Wildman–Crippen MR) is 224 cm³/mol. The number of unbranched alkanes of at least 4 members (excludes halogenated alkanes) is 29. The maximum Gasteiger partial charge on any atom is 0.306 e. The van der Waals surface area contributed by atoms with Crippen molar-refractivity contribution in [1.82, 2.24) is 0 Å². The lowest BCUT2D eigenvalue weighted by atomic mass is 9.99. The summed E-state index contributed by atoms with van der Waals surface area (Å²) in [6.07, 6.45) is 31.2. The summed E-state index contributed by atoms with van der Waals surface area (Å²) >= 11 is 0. The molecule has 6 unspecified atom stereocenters. The second-order valence-electron chi connectivity index (χ2n) is 16.6. The van der Waals surface area contributed by atoms with Crippen molar-refractivity contribution in [2.45, 2.75) is 263 Å². The number of aliphatic hydroxyl groups excluding tert-OH is 4. The van der Waals surface area contributed by atoms with E-state index in [1.165, 1.54) is 154 Å². The van der Waals surface area contributed by atoms with Crippen LogP contribution in [0.25, 0.3) is 0 Å². The van der Waals surface area contributed by atoms with Crippen molar-refractivity contribution >= 4 is 11.9 Å². The fourth-order valence-electron chi connectivity index (χ4n) is 7.48. The molecule has 0 amide bonds. The summed E-state index contributed by atoms with van der Waals surface area (Å²) in [4.78, 5) is 25.3. The molecule has 1 fully saturated rings. The third-order valence-corrected chi connectivity index (χ3v) is 11.2. The van der Waals surface area contributed by atoms with Gasteiger partial charge in [0.2, 0.25) is 0 Å². The zero-order chi connectivity index (χ0) is 40.9. The molecule has 4 N–H and O–H groups in total. The Bertz CT molecular complexity index is 886. The van der Waals surface area contributed by atoms with Gasteiger partial charge in [0.05, 0.1) is 13.2 Å². The molecule has 10 nitrogen and oxygen atoms in total. The molecule has 10 heteroatoms. The average Bonchev–Trinajstić information content (AvgIpc) is 3.19. The summed E-state index contributed by atoms with van der Waals surface area (Å²) in [5.41, 5.74) is 0. The molecule has 0 bridgehead atoms. The number of hydrogen-bond acceptors (Lipinski definition) is 10. The molecule has 0 saturated carbocycles. The number of carbonyl (C=O) groups is 2. The molecule has 0 radical (unpaired) electrons. The van der Waals surface area contributed by atoms with Crippen molar-refractivity contribution in [2.75, 3.05) is 19.8 Å². The van der Waals surface area contributed by atoms with Gasteiger partial charge in [0.1, 0.15) is 31.0 Å². The van der Waals surface area contributed by atoms with E-state index in [1.54, 1.807) is 0 Å². The van der Waals surface area contributed by atoms with Crippen LogP contribution in [-0.2, 0) is 28.5 Å². The van der Waals surface area contributed by atoms with Crippen molar-refractivity contribution in [1.29, 1.82) is 0 Å². The summed E-state index contributed by atoms with van der Waals surface area (Å²) in [6.45, 7) is 3.44. The van der Waals surface area contributed by atoms with E-state index in [1.807, 2.05) is 0 Å². The van der Waals surface area contributed by atoms with E-state index in [0.717, 1.165) is 38.5 Å². The van der Waals surface area contributed by atoms with Gasteiger partial charge in [-0.05, 0) is 12.8 Å². The Hall–Kier alpha value is -1.30. The van der Waals surface area contributed by atoms with Crippen LogP contribution in [-0.4, -0.2) is 89.0 Å². The number of carbonyl (C=O) groups excluding carboxylic acids is 2. The average molecular weight is 801 g/mol. The van der Waals surface area contributed by atoms with Gasteiger partial charge in [-0.1, -0.05) is 200 Å². The predicted octanol–water partition coefficient (Wildman–Crippen LogP) is 10.2. The number of ether oxygens (including phenoxy) is 4. The van der Waals surface area contributed by atoms with Crippen LogP contribution in [0.5, 0.6) is 0 Å². The Labute approximate surface area is 342 Å². The van der Waals surface area contributed by atoms with Crippen molar-refractivity contribution in [3.8, 4) is 0 Å². The smallest absolute Gasteiger partial charge is 0.306 e. The molecule has 0 aromatic carbocycles. The monoisotopic (exact) mass is 801 g/mol. The van der Waals surface area contributed by atoms with Crippen LogP contribution in [0.15, 0.2) is 0 Å². The van der Waals surface area contributed by atoms with Crippen LogP contribution < -0.4 is 0 Å². The fraction of sp³-hybridized carbons (Fsp3) is 0.957. The Balaban J connectivity index is 2.24. The largest absolute Gasteiger partial charge is 0.462 e. The molecule has 0 aromatic heterocycles. The van der Waals surface area contributed by atoms with Crippen LogP contribution in [0.1, 0.15) is 226 Å². The minimum Gasteiger partial charge on any atom is -0.462 e. The van der Waals surface area contributed by atoms with Gasteiger partial charge < -0.3 is 39.4 Å². The topological polar surface area (TPSA) is 152 Å². The van der Waals surface area contributed by atoms with Gasteiger partial charge in [0, 0.05) is 12.8 Å². The molecular formula is C46H88O10. The van der Waals surface area contributed by atoms with Crippen molar-refractivity contribution < 1.29 is 49.0 Å². The minimum atomic E-state index is -1.59. The zero-order valence-electron chi connectivity index (χ0n) is 36.2. The van der Waals surface area contributed by atoms with Gasteiger partial charge in [-0.3, -0.25) is 9.59 Å². The third-order valence-electron chi connectivity index (χ3n) is 11.2. The molecule has 0 spiro atoms. The molecular weight excluding hydrogens is 712 g/mol. The van der Waals surface area contributed by atoms with E-state index < -0.39 is 49.4 Å². The van der Waals surface area contributed by atoms with E-state index in [4.69, 9.17) is 18.9 Å².